The SMILES string of the molecule is CCCCCCC(CC)(CC)C[C](C)C. The van der Waals surface area contributed by atoms with Crippen LogP contribution in [-0.2, 0) is 0 Å². The Morgan fingerprint density at radius 1 is 0.867 bits per heavy atom. The quantitative estimate of drug-likeness (QED) is 0.425. The van der Waals surface area contributed by atoms with Gasteiger partial charge in [-0.2, -0.15) is 0 Å². The molecule has 0 atom stereocenters. The van der Waals surface area contributed by atoms with Gasteiger partial charge in [0.1, 0.15) is 0 Å². The number of unbranched alkanes of at least 4 members (excludes halogenated alkanes) is 3. The molecule has 1 radical (unpaired) electrons. The lowest BCUT2D eigenvalue weighted by atomic mass is 9.72. The molecule has 0 aliphatic rings. The van der Waals surface area contributed by atoms with Crippen LogP contribution in [-0.4, -0.2) is 0 Å². The second-order valence-electron chi connectivity index (χ2n) is 5.40. The molecule has 0 aromatic carbocycles. The van der Waals surface area contributed by atoms with Gasteiger partial charge in [0, 0.05) is 0 Å². The van der Waals surface area contributed by atoms with E-state index in [2.05, 4.69) is 34.6 Å². The van der Waals surface area contributed by atoms with Crippen LogP contribution in [0.1, 0.15) is 86.0 Å². The van der Waals surface area contributed by atoms with Crippen molar-refractivity contribution in [3.63, 3.8) is 0 Å². The fourth-order valence-electron chi connectivity index (χ4n) is 2.62. The zero-order chi connectivity index (χ0) is 11.7. The van der Waals surface area contributed by atoms with E-state index in [-0.39, 0.29) is 0 Å². The van der Waals surface area contributed by atoms with Crippen LogP contribution in [0.4, 0.5) is 0 Å². The summed E-state index contributed by atoms with van der Waals surface area (Å²) in [6.07, 6.45) is 11.1. The maximum absolute atomic E-state index is 2.37. The second-order valence-corrected chi connectivity index (χ2v) is 5.40. The van der Waals surface area contributed by atoms with Gasteiger partial charge in [-0.25, -0.2) is 0 Å². The zero-order valence-corrected chi connectivity index (χ0v) is 11.7. The van der Waals surface area contributed by atoms with Gasteiger partial charge in [0.2, 0.25) is 0 Å². The normalized spacial score (nSPS) is 12.4. The van der Waals surface area contributed by atoms with Gasteiger partial charge < -0.3 is 0 Å². The largest absolute Gasteiger partial charge is 0.0654 e. The highest BCUT2D eigenvalue weighted by Gasteiger charge is 2.26. The molecule has 0 aliphatic carbocycles. The molecule has 0 heterocycles. The summed E-state index contributed by atoms with van der Waals surface area (Å²) < 4.78 is 0. The molecule has 0 saturated carbocycles. The summed E-state index contributed by atoms with van der Waals surface area (Å²) in [5.41, 5.74) is 0.618. The molecule has 0 spiro atoms. The smallest absolute Gasteiger partial charge is 0.0297 e. The fourth-order valence-corrected chi connectivity index (χ4v) is 2.62. The first-order chi connectivity index (χ1) is 7.10. The monoisotopic (exact) mass is 211 g/mol. The molecule has 0 amide bonds. The van der Waals surface area contributed by atoms with E-state index < -0.39 is 0 Å². The van der Waals surface area contributed by atoms with E-state index in [1.807, 2.05) is 0 Å². The van der Waals surface area contributed by atoms with E-state index >= 15 is 0 Å². The molecule has 0 saturated heterocycles. The van der Waals surface area contributed by atoms with Crippen molar-refractivity contribution in [1.29, 1.82) is 0 Å². The average Bonchev–Trinajstić information content (AvgIpc) is 2.22. The molecular formula is C15H31. The van der Waals surface area contributed by atoms with Crippen molar-refractivity contribution in [2.75, 3.05) is 0 Å². The highest BCUT2D eigenvalue weighted by atomic mass is 14.3. The topological polar surface area (TPSA) is 0 Å². The summed E-state index contributed by atoms with van der Waals surface area (Å²) in [5.74, 6) is 1.61. The second kappa shape index (κ2) is 8.19. The van der Waals surface area contributed by atoms with Crippen LogP contribution >= 0.6 is 0 Å². The van der Waals surface area contributed by atoms with Crippen LogP contribution in [0.3, 0.4) is 0 Å². The van der Waals surface area contributed by atoms with Crippen molar-refractivity contribution in [1.82, 2.24) is 0 Å². The van der Waals surface area contributed by atoms with Crippen molar-refractivity contribution in [3.05, 3.63) is 5.92 Å². The van der Waals surface area contributed by atoms with Crippen LogP contribution in [0, 0.1) is 11.3 Å². The summed E-state index contributed by atoms with van der Waals surface area (Å²) in [5, 5.41) is 0. The molecule has 0 nitrogen and oxygen atoms in total. The third-order valence-corrected chi connectivity index (χ3v) is 3.79. The molecule has 0 aromatic heterocycles. The van der Waals surface area contributed by atoms with E-state index in [4.69, 9.17) is 0 Å². The molecular weight excluding hydrogens is 180 g/mol. The van der Waals surface area contributed by atoms with Crippen LogP contribution in [0.5, 0.6) is 0 Å². The lowest BCUT2D eigenvalue weighted by Crippen LogP contribution is -2.20. The molecule has 0 bridgehead atoms. The predicted octanol–water partition coefficient (Wildman–Crippen LogP) is 5.77. The molecule has 0 rings (SSSR count). The van der Waals surface area contributed by atoms with Crippen LogP contribution in [0.15, 0.2) is 0 Å². The van der Waals surface area contributed by atoms with Gasteiger partial charge in [-0.3, -0.25) is 0 Å². The van der Waals surface area contributed by atoms with Gasteiger partial charge in [-0.05, 0) is 24.2 Å². The molecule has 0 fully saturated rings. The van der Waals surface area contributed by atoms with Crippen LogP contribution in [0.2, 0.25) is 0 Å². The maximum atomic E-state index is 2.37. The standard InChI is InChI=1S/C15H31/c1-6-9-10-11-12-15(7-2,8-3)13-14(4)5/h6-13H2,1-5H3. The Bertz CT molecular complexity index is 131. The Labute approximate surface area is 97.8 Å². The maximum Gasteiger partial charge on any atom is -0.0297 e. The van der Waals surface area contributed by atoms with Gasteiger partial charge in [0.05, 0.1) is 0 Å². The van der Waals surface area contributed by atoms with Gasteiger partial charge in [0.15, 0.2) is 0 Å². The first-order valence-corrected chi connectivity index (χ1v) is 6.89. The molecule has 0 aromatic rings. The third kappa shape index (κ3) is 6.22. The fraction of sp³-hybridized carbons (Fsp3) is 0.933. The van der Waals surface area contributed by atoms with Gasteiger partial charge in [0.25, 0.3) is 0 Å². The minimum Gasteiger partial charge on any atom is -0.0654 e. The zero-order valence-electron chi connectivity index (χ0n) is 11.7. The van der Waals surface area contributed by atoms with E-state index in [9.17, 15) is 0 Å². The minimum absolute atomic E-state index is 0.618. The summed E-state index contributed by atoms with van der Waals surface area (Å²) in [7, 11) is 0. The molecule has 0 N–H and O–H groups in total. The molecule has 0 aliphatic heterocycles. The van der Waals surface area contributed by atoms with Crippen LogP contribution in [0.25, 0.3) is 0 Å². The van der Waals surface area contributed by atoms with E-state index in [0.717, 1.165) is 0 Å². The number of rotatable bonds is 9. The number of hydrogen-bond donors (Lipinski definition) is 0. The summed E-state index contributed by atoms with van der Waals surface area (Å²) in [4.78, 5) is 0. The molecule has 15 heavy (non-hydrogen) atoms. The van der Waals surface area contributed by atoms with E-state index in [1.165, 1.54) is 51.4 Å². The highest BCUT2D eigenvalue weighted by molar-refractivity contribution is 4.89. The molecule has 0 unspecified atom stereocenters. The van der Waals surface area contributed by atoms with E-state index in [0.29, 0.717) is 5.41 Å². The lowest BCUT2D eigenvalue weighted by molar-refractivity contribution is 0.217. The lowest BCUT2D eigenvalue weighted by Gasteiger charge is -2.33. The van der Waals surface area contributed by atoms with Gasteiger partial charge >= 0.3 is 0 Å². The Morgan fingerprint density at radius 2 is 1.47 bits per heavy atom. The first-order valence-electron chi connectivity index (χ1n) is 6.89. The number of hydrogen-bond acceptors (Lipinski definition) is 0. The van der Waals surface area contributed by atoms with Crippen molar-refractivity contribution in [2.45, 2.75) is 86.0 Å². The molecule has 91 valence electrons. The van der Waals surface area contributed by atoms with E-state index in [1.54, 1.807) is 5.92 Å². The Kier molecular flexibility index (Phi) is 8.19. The Hall–Kier alpha value is 0. The van der Waals surface area contributed by atoms with Gasteiger partial charge in [-0.1, -0.05) is 73.1 Å². The van der Waals surface area contributed by atoms with Crippen molar-refractivity contribution >= 4 is 0 Å². The van der Waals surface area contributed by atoms with Gasteiger partial charge in [-0.15, -0.1) is 0 Å². The highest BCUT2D eigenvalue weighted by Crippen LogP contribution is 2.39. The van der Waals surface area contributed by atoms with Crippen LogP contribution < -0.4 is 0 Å². The summed E-state index contributed by atoms with van der Waals surface area (Å²) in [6, 6.07) is 0. The van der Waals surface area contributed by atoms with Crippen molar-refractivity contribution in [3.8, 4) is 0 Å². The van der Waals surface area contributed by atoms with Crippen molar-refractivity contribution < 1.29 is 0 Å². The Balaban J connectivity index is 4.00. The summed E-state index contributed by atoms with van der Waals surface area (Å²) >= 11 is 0. The third-order valence-electron chi connectivity index (χ3n) is 3.79. The minimum atomic E-state index is 0.618. The molecule has 0 heteroatoms. The average molecular weight is 211 g/mol. The summed E-state index contributed by atoms with van der Waals surface area (Å²) in [6.45, 7) is 11.6. The first kappa shape index (κ1) is 15.0. The van der Waals surface area contributed by atoms with Crippen molar-refractivity contribution in [2.24, 2.45) is 5.41 Å². The predicted molar refractivity (Wildman–Crippen MR) is 71.0 cm³/mol. The Morgan fingerprint density at radius 3 is 1.87 bits per heavy atom.